The number of ether oxygens (including phenoxy) is 1. The lowest BCUT2D eigenvalue weighted by atomic mass is 10.2. The second-order valence-corrected chi connectivity index (χ2v) is 6.96. The Hall–Kier alpha value is -2.87. The standard InChI is InChI=1S/C16H15NO6S/c1-24(21,22)14-8-7-12(9-13(14)15(18)19)17-16(20)23-10-11-5-3-2-4-6-11/h2-9H,10H2,1H3,(H,17,20)(H,18,19). The molecule has 0 saturated heterocycles. The van der Waals surface area contributed by atoms with Gasteiger partial charge in [0.15, 0.2) is 9.84 Å². The smallest absolute Gasteiger partial charge is 0.411 e. The van der Waals surface area contributed by atoms with Crippen molar-refractivity contribution in [3.05, 3.63) is 59.7 Å². The number of carboxylic acids is 1. The van der Waals surface area contributed by atoms with E-state index in [4.69, 9.17) is 9.84 Å². The first kappa shape index (κ1) is 17.5. The summed E-state index contributed by atoms with van der Waals surface area (Å²) in [6.07, 6.45) is 0.137. The number of anilines is 1. The quantitative estimate of drug-likeness (QED) is 0.858. The first-order chi connectivity index (χ1) is 11.3. The van der Waals surface area contributed by atoms with Gasteiger partial charge in [-0.05, 0) is 23.8 Å². The molecular formula is C16H15NO6S. The zero-order valence-electron chi connectivity index (χ0n) is 12.7. The predicted octanol–water partition coefficient (Wildman–Crippen LogP) is 2.54. The van der Waals surface area contributed by atoms with Gasteiger partial charge in [0.25, 0.3) is 0 Å². The monoisotopic (exact) mass is 349 g/mol. The third-order valence-electron chi connectivity index (χ3n) is 3.07. The van der Waals surface area contributed by atoms with Crippen LogP contribution in [0.5, 0.6) is 0 Å². The van der Waals surface area contributed by atoms with E-state index in [1.54, 1.807) is 24.3 Å². The van der Waals surface area contributed by atoms with Crippen LogP contribution in [0.3, 0.4) is 0 Å². The Balaban J connectivity index is 2.11. The van der Waals surface area contributed by atoms with Crippen LogP contribution in [0, 0.1) is 0 Å². The van der Waals surface area contributed by atoms with Gasteiger partial charge in [-0.3, -0.25) is 5.32 Å². The second-order valence-electron chi connectivity index (χ2n) is 4.97. The van der Waals surface area contributed by atoms with Crippen molar-refractivity contribution >= 4 is 27.6 Å². The van der Waals surface area contributed by atoms with Gasteiger partial charge in [0.1, 0.15) is 6.61 Å². The Morgan fingerprint density at radius 2 is 1.79 bits per heavy atom. The topological polar surface area (TPSA) is 110 Å². The van der Waals surface area contributed by atoms with Gasteiger partial charge >= 0.3 is 12.1 Å². The van der Waals surface area contributed by atoms with Gasteiger partial charge in [0, 0.05) is 11.9 Å². The Labute approximate surface area is 138 Å². The van der Waals surface area contributed by atoms with Crippen LogP contribution in [-0.4, -0.2) is 31.8 Å². The lowest BCUT2D eigenvalue weighted by molar-refractivity contribution is 0.0692. The zero-order valence-corrected chi connectivity index (χ0v) is 13.5. The lowest BCUT2D eigenvalue weighted by Gasteiger charge is -2.09. The fraction of sp³-hybridized carbons (Fsp3) is 0.125. The van der Waals surface area contributed by atoms with Gasteiger partial charge in [0.05, 0.1) is 10.5 Å². The molecule has 2 aromatic carbocycles. The van der Waals surface area contributed by atoms with E-state index in [9.17, 15) is 18.0 Å². The van der Waals surface area contributed by atoms with Gasteiger partial charge in [0.2, 0.25) is 0 Å². The van der Waals surface area contributed by atoms with Crippen LogP contribution < -0.4 is 5.32 Å². The summed E-state index contributed by atoms with van der Waals surface area (Å²) in [6, 6.07) is 12.5. The van der Waals surface area contributed by atoms with E-state index < -0.39 is 27.5 Å². The fourth-order valence-corrected chi connectivity index (χ4v) is 2.84. The number of rotatable bonds is 5. The lowest BCUT2D eigenvalue weighted by Crippen LogP contribution is -2.15. The number of benzene rings is 2. The highest BCUT2D eigenvalue weighted by atomic mass is 32.2. The minimum absolute atomic E-state index is 0.0554. The maximum absolute atomic E-state index is 11.7. The molecule has 2 rings (SSSR count). The van der Waals surface area contributed by atoms with Gasteiger partial charge in [-0.15, -0.1) is 0 Å². The second kappa shape index (κ2) is 7.14. The van der Waals surface area contributed by atoms with Crippen LogP contribution in [0.4, 0.5) is 10.5 Å². The number of hydrogen-bond acceptors (Lipinski definition) is 5. The van der Waals surface area contributed by atoms with E-state index in [2.05, 4.69) is 5.32 Å². The van der Waals surface area contributed by atoms with Crippen molar-refractivity contribution < 1.29 is 27.9 Å². The number of carboxylic acid groups (broad SMARTS) is 1. The maximum Gasteiger partial charge on any atom is 0.411 e. The highest BCUT2D eigenvalue weighted by Gasteiger charge is 2.19. The molecule has 24 heavy (non-hydrogen) atoms. The molecule has 0 aromatic heterocycles. The highest BCUT2D eigenvalue weighted by molar-refractivity contribution is 7.90. The summed E-state index contributed by atoms with van der Waals surface area (Å²) in [5.41, 5.74) is 0.502. The number of aromatic carboxylic acids is 1. The molecule has 126 valence electrons. The third-order valence-corrected chi connectivity index (χ3v) is 4.22. The van der Waals surface area contributed by atoms with Crippen LogP contribution in [0.25, 0.3) is 0 Å². The predicted molar refractivity (Wildman–Crippen MR) is 86.8 cm³/mol. The molecule has 0 heterocycles. The molecule has 0 spiro atoms. The van der Waals surface area contributed by atoms with Crippen molar-refractivity contribution in [1.29, 1.82) is 0 Å². The largest absolute Gasteiger partial charge is 0.478 e. The van der Waals surface area contributed by atoms with Crippen LogP contribution in [0.2, 0.25) is 0 Å². The Morgan fingerprint density at radius 1 is 1.12 bits per heavy atom. The Bertz CT molecular complexity index is 861. The van der Waals surface area contributed by atoms with Gasteiger partial charge in [-0.2, -0.15) is 0 Å². The first-order valence-corrected chi connectivity index (χ1v) is 8.71. The first-order valence-electron chi connectivity index (χ1n) is 6.82. The van der Waals surface area contributed by atoms with Crippen LogP contribution >= 0.6 is 0 Å². The third kappa shape index (κ3) is 4.56. The maximum atomic E-state index is 11.7. The molecule has 0 fully saturated rings. The minimum Gasteiger partial charge on any atom is -0.478 e. The van der Waals surface area contributed by atoms with Crippen LogP contribution in [0.1, 0.15) is 15.9 Å². The van der Waals surface area contributed by atoms with E-state index >= 15 is 0 Å². The number of carbonyl (C=O) groups excluding carboxylic acids is 1. The summed E-state index contributed by atoms with van der Waals surface area (Å²) < 4.78 is 28.2. The van der Waals surface area contributed by atoms with Crippen molar-refractivity contribution in [2.45, 2.75) is 11.5 Å². The van der Waals surface area contributed by atoms with Gasteiger partial charge in [-0.1, -0.05) is 30.3 Å². The van der Waals surface area contributed by atoms with E-state index in [-0.39, 0.29) is 17.2 Å². The Morgan fingerprint density at radius 3 is 2.38 bits per heavy atom. The number of carbonyl (C=O) groups is 2. The Kier molecular flexibility index (Phi) is 5.20. The molecule has 0 atom stereocenters. The van der Waals surface area contributed by atoms with Gasteiger partial charge in [-0.25, -0.2) is 18.0 Å². The normalized spacial score (nSPS) is 10.9. The molecule has 2 aromatic rings. The zero-order chi connectivity index (χ0) is 17.7. The summed E-state index contributed by atoms with van der Waals surface area (Å²) in [7, 11) is -3.69. The van der Waals surface area contributed by atoms with Crippen molar-refractivity contribution in [3.8, 4) is 0 Å². The fourth-order valence-electron chi connectivity index (χ4n) is 1.98. The minimum atomic E-state index is -3.69. The summed E-state index contributed by atoms with van der Waals surface area (Å²) in [5.74, 6) is -1.41. The SMILES string of the molecule is CS(=O)(=O)c1ccc(NC(=O)OCc2ccccc2)cc1C(=O)O. The average molecular weight is 349 g/mol. The van der Waals surface area contributed by atoms with E-state index in [0.29, 0.717) is 0 Å². The molecule has 0 aliphatic carbocycles. The molecule has 0 bridgehead atoms. The summed E-state index contributed by atoms with van der Waals surface area (Å²) in [6.45, 7) is 0.0554. The number of amides is 1. The van der Waals surface area contributed by atoms with Crippen molar-refractivity contribution in [1.82, 2.24) is 0 Å². The molecule has 0 aliphatic heterocycles. The molecule has 0 saturated carbocycles. The number of nitrogens with one attached hydrogen (secondary N) is 1. The summed E-state index contributed by atoms with van der Waals surface area (Å²) in [5, 5.41) is 11.5. The number of sulfone groups is 1. The molecule has 8 heteroatoms. The molecule has 0 unspecified atom stereocenters. The molecule has 0 aliphatic rings. The highest BCUT2D eigenvalue weighted by Crippen LogP contribution is 2.21. The van der Waals surface area contributed by atoms with Crippen LogP contribution in [-0.2, 0) is 21.2 Å². The van der Waals surface area contributed by atoms with Crippen molar-refractivity contribution in [3.63, 3.8) is 0 Å². The van der Waals surface area contributed by atoms with Gasteiger partial charge < -0.3 is 9.84 Å². The van der Waals surface area contributed by atoms with E-state index in [0.717, 1.165) is 24.0 Å². The molecular weight excluding hydrogens is 334 g/mol. The van der Waals surface area contributed by atoms with Crippen molar-refractivity contribution in [2.24, 2.45) is 0 Å². The molecule has 7 nitrogen and oxygen atoms in total. The van der Waals surface area contributed by atoms with E-state index in [1.165, 1.54) is 6.07 Å². The van der Waals surface area contributed by atoms with Crippen molar-refractivity contribution in [2.75, 3.05) is 11.6 Å². The molecule has 1 amide bonds. The molecule has 0 radical (unpaired) electrons. The van der Waals surface area contributed by atoms with E-state index in [1.807, 2.05) is 6.07 Å². The summed E-state index contributed by atoms with van der Waals surface area (Å²) >= 11 is 0. The molecule has 2 N–H and O–H groups in total. The van der Waals surface area contributed by atoms with Crippen LogP contribution in [0.15, 0.2) is 53.4 Å². The average Bonchev–Trinajstić information content (AvgIpc) is 2.53. The summed E-state index contributed by atoms with van der Waals surface area (Å²) in [4.78, 5) is 22.6. The number of hydrogen-bond donors (Lipinski definition) is 2.